The molecule has 0 aliphatic rings. The SMILES string of the molecule is ONc1cnc(Br)cc1Br. The maximum Gasteiger partial charge on any atom is 0.107 e. The molecule has 0 aliphatic carbocycles. The molecule has 0 aliphatic heterocycles. The fraction of sp³-hybridized carbons (Fsp3) is 0. The second-order valence-corrected chi connectivity index (χ2v) is 3.27. The van der Waals surface area contributed by atoms with Crippen LogP contribution < -0.4 is 5.48 Å². The molecule has 1 heterocycles. The molecule has 0 saturated carbocycles. The topological polar surface area (TPSA) is 45.1 Å². The summed E-state index contributed by atoms with van der Waals surface area (Å²) in [6.45, 7) is 0. The van der Waals surface area contributed by atoms with Gasteiger partial charge in [0.2, 0.25) is 0 Å². The molecule has 0 atom stereocenters. The second kappa shape index (κ2) is 3.32. The highest BCUT2D eigenvalue weighted by atomic mass is 79.9. The molecule has 10 heavy (non-hydrogen) atoms. The monoisotopic (exact) mass is 266 g/mol. The van der Waals surface area contributed by atoms with Crippen molar-refractivity contribution in [2.24, 2.45) is 0 Å². The van der Waals surface area contributed by atoms with Gasteiger partial charge in [-0.1, -0.05) is 0 Å². The van der Waals surface area contributed by atoms with Gasteiger partial charge in [-0.25, -0.2) is 4.98 Å². The molecule has 3 nitrogen and oxygen atoms in total. The number of nitrogens with zero attached hydrogens (tertiary/aromatic N) is 1. The maximum absolute atomic E-state index is 8.47. The van der Waals surface area contributed by atoms with Crippen molar-refractivity contribution in [2.75, 3.05) is 5.48 Å². The molecule has 0 bridgehead atoms. The van der Waals surface area contributed by atoms with Gasteiger partial charge < -0.3 is 0 Å². The number of rotatable bonds is 1. The van der Waals surface area contributed by atoms with E-state index in [-0.39, 0.29) is 0 Å². The molecule has 0 radical (unpaired) electrons. The zero-order valence-electron chi connectivity index (χ0n) is 4.81. The highest BCUT2D eigenvalue weighted by molar-refractivity contribution is 9.11. The fourth-order valence-electron chi connectivity index (χ4n) is 0.490. The molecule has 0 aromatic carbocycles. The minimum absolute atomic E-state index is 0.545. The van der Waals surface area contributed by atoms with E-state index in [0.717, 1.165) is 9.08 Å². The lowest BCUT2D eigenvalue weighted by Gasteiger charge is -1.99. The van der Waals surface area contributed by atoms with Gasteiger partial charge in [0.25, 0.3) is 0 Å². The molecule has 1 rings (SSSR count). The zero-order chi connectivity index (χ0) is 7.56. The van der Waals surface area contributed by atoms with Gasteiger partial charge in [-0.3, -0.25) is 10.7 Å². The molecule has 2 N–H and O–H groups in total. The molecule has 0 saturated heterocycles. The van der Waals surface area contributed by atoms with Crippen LogP contribution in [0.1, 0.15) is 0 Å². The fourth-order valence-corrected chi connectivity index (χ4v) is 1.54. The van der Waals surface area contributed by atoms with E-state index in [2.05, 4.69) is 36.8 Å². The molecule has 0 unspecified atom stereocenters. The van der Waals surface area contributed by atoms with Gasteiger partial charge in [-0.2, -0.15) is 0 Å². The summed E-state index contributed by atoms with van der Waals surface area (Å²) in [6, 6.07) is 1.73. The van der Waals surface area contributed by atoms with E-state index in [0.29, 0.717) is 5.69 Å². The molecule has 0 amide bonds. The summed E-state index contributed by atoms with van der Waals surface area (Å²) >= 11 is 6.39. The number of pyridine rings is 1. The van der Waals surface area contributed by atoms with Crippen molar-refractivity contribution in [2.45, 2.75) is 0 Å². The van der Waals surface area contributed by atoms with Crippen LogP contribution in [-0.2, 0) is 0 Å². The van der Waals surface area contributed by atoms with Gasteiger partial charge in [-0.05, 0) is 37.9 Å². The van der Waals surface area contributed by atoms with Crippen LogP contribution in [0, 0.1) is 0 Å². The Labute approximate surface area is 74.7 Å². The molecular weight excluding hydrogens is 264 g/mol. The number of hydrogen-bond donors (Lipinski definition) is 2. The quantitative estimate of drug-likeness (QED) is 0.607. The number of anilines is 1. The maximum atomic E-state index is 8.47. The van der Waals surface area contributed by atoms with Crippen molar-refractivity contribution in [3.05, 3.63) is 21.3 Å². The molecule has 54 valence electrons. The summed E-state index contributed by atoms with van der Waals surface area (Å²) in [4.78, 5) is 3.87. The van der Waals surface area contributed by atoms with Crippen LogP contribution in [0.5, 0.6) is 0 Å². The third-order valence-corrected chi connectivity index (χ3v) is 2.03. The summed E-state index contributed by atoms with van der Waals surface area (Å²) < 4.78 is 1.48. The van der Waals surface area contributed by atoms with Gasteiger partial charge >= 0.3 is 0 Å². The van der Waals surface area contributed by atoms with E-state index < -0.39 is 0 Å². The smallest absolute Gasteiger partial charge is 0.107 e. The molecule has 0 spiro atoms. The predicted octanol–water partition coefficient (Wildman–Crippen LogP) is 2.41. The van der Waals surface area contributed by atoms with E-state index in [4.69, 9.17) is 5.21 Å². The Hall–Kier alpha value is -0.130. The Kier molecular flexibility index (Phi) is 2.64. The Morgan fingerprint density at radius 1 is 1.50 bits per heavy atom. The highest BCUT2D eigenvalue weighted by Crippen LogP contribution is 2.22. The van der Waals surface area contributed by atoms with Crippen molar-refractivity contribution in [3.8, 4) is 0 Å². The van der Waals surface area contributed by atoms with Crippen LogP contribution in [-0.4, -0.2) is 10.2 Å². The Morgan fingerprint density at radius 3 is 2.70 bits per heavy atom. The van der Waals surface area contributed by atoms with Crippen molar-refractivity contribution >= 4 is 37.5 Å². The first-order valence-corrected chi connectivity index (χ1v) is 4.04. The zero-order valence-corrected chi connectivity index (χ0v) is 7.98. The summed E-state index contributed by atoms with van der Waals surface area (Å²) in [5.41, 5.74) is 2.54. The third kappa shape index (κ3) is 1.68. The minimum Gasteiger partial charge on any atom is -0.291 e. The standard InChI is InChI=1S/C5H4Br2N2O/c6-3-1-5(7)8-2-4(3)9-10/h1-2,9-10H. The van der Waals surface area contributed by atoms with E-state index in [1.807, 2.05) is 5.48 Å². The number of nitrogens with one attached hydrogen (secondary N) is 1. The van der Waals surface area contributed by atoms with Gasteiger partial charge in [0, 0.05) is 4.47 Å². The first-order chi connectivity index (χ1) is 4.74. The van der Waals surface area contributed by atoms with Crippen molar-refractivity contribution in [1.29, 1.82) is 0 Å². The van der Waals surface area contributed by atoms with E-state index in [1.54, 1.807) is 6.07 Å². The minimum atomic E-state index is 0.545. The van der Waals surface area contributed by atoms with Crippen LogP contribution in [0.25, 0.3) is 0 Å². The Morgan fingerprint density at radius 2 is 2.20 bits per heavy atom. The lowest BCUT2D eigenvalue weighted by molar-refractivity contribution is 0.388. The van der Waals surface area contributed by atoms with E-state index >= 15 is 0 Å². The second-order valence-electron chi connectivity index (χ2n) is 1.60. The average molecular weight is 268 g/mol. The lowest BCUT2D eigenvalue weighted by Crippen LogP contribution is -1.91. The largest absolute Gasteiger partial charge is 0.291 e. The number of halogens is 2. The van der Waals surface area contributed by atoms with Crippen LogP contribution in [0.4, 0.5) is 5.69 Å². The normalized spacial score (nSPS) is 9.50. The Bertz CT molecular complexity index is 241. The Balaban J connectivity index is 3.07. The van der Waals surface area contributed by atoms with Crippen LogP contribution in [0.15, 0.2) is 21.3 Å². The summed E-state index contributed by atoms with van der Waals surface area (Å²) in [5.74, 6) is 0. The lowest BCUT2D eigenvalue weighted by atomic mass is 10.4. The van der Waals surface area contributed by atoms with Crippen molar-refractivity contribution in [3.63, 3.8) is 0 Å². The molecular formula is C5H4Br2N2O. The summed E-state index contributed by atoms with van der Waals surface area (Å²) in [5, 5.41) is 8.47. The highest BCUT2D eigenvalue weighted by Gasteiger charge is 1.97. The van der Waals surface area contributed by atoms with Gasteiger partial charge in [0.05, 0.1) is 11.9 Å². The van der Waals surface area contributed by atoms with Gasteiger partial charge in [-0.15, -0.1) is 0 Å². The van der Waals surface area contributed by atoms with Gasteiger partial charge in [0.15, 0.2) is 0 Å². The molecule has 5 heteroatoms. The number of hydrogen-bond acceptors (Lipinski definition) is 3. The third-order valence-electron chi connectivity index (χ3n) is 0.941. The van der Waals surface area contributed by atoms with Crippen LogP contribution in [0.3, 0.4) is 0 Å². The first kappa shape index (κ1) is 7.97. The van der Waals surface area contributed by atoms with E-state index in [9.17, 15) is 0 Å². The number of aromatic nitrogens is 1. The summed E-state index contributed by atoms with van der Waals surface area (Å²) in [6.07, 6.45) is 1.51. The molecule has 1 aromatic rings. The molecule has 0 fully saturated rings. The predicted molar refractivity (Wildman–Crippen MR) is 45.0 cm³/mol. The molecule has 1 aromatic heterocycles. The first-order valence-electron chi connectivity index (χ1n) is 2.45. The summed E-state index contributed by atoms with van der Waals surface area (Å²) in [7, 11) is 0. The van der Waals surface area contributed by atoms with E-state index in [1.165, 1.54) is 6.20 Å². The van der Waals surface area contributed by atoms with Crippen molar-refractivity contribution in [1.82, 2.24) is 4.98 Å². The van der Waals surface area contributed by atoms with Crippen LogP contribution >= 0.6 is 31.9 Å². The average Bonchev–Trinajstić information content (AvgIpc) is 1.88. The van der Waals surface area contributed by atoms with Crippen molar-refractivity contribution < 1.29 is 5.21 Å². The van der Waals surface area contributed by atoms with Crippen LogP contribution in [0.2, 0.25) is 0 Å². The van der Waals surface area contributed by atoms with Gasteiger partial charge in [0.1, 0.15) is 4.60 Å².